The van der Waals surface area contributed by atoms with Crippen LogP contribution in [0.3, 0.4) is 0 Å². The van der Waals surface area contributed by atoms with Crippen molar-refractivity contribution < 1.29 is 4.79 Å². The van der Waals surface area contributed by atoms with Gasteiger partial charge in [-0.2, -0.15) is 5.10 Å². The Kier molecular flexibility index (Phi) is 2.35. The van der Waals surface area contributed by atoms with Crippen LogP contribution in [0.1, 0.15) is 17.7 Å². The zero-order chi connectivity index (χ0) is 9.97. The smallest absolute Gasteiger partial charge is 0.243 e. The van der Waals surface area contributed by atoms with E-state index in [1.165, 1.54) is 11.6 Å². The first kappa shape index (κ1) is 8.99. The molecule has 1 heterocycles. The van der Waals surface area contributed by atoms with Crippen molar-refractivity contribution in [2.75, 3.05) is 0 Å². The topological polar surface area (TPSA) is 57.8 Å². The van der Waals surface area contributed by atoms with Crippen molar-refractivity contribution in [2.24, 2.45) is 0 Å². The maximum atomic E-state index is 11.1. The Hall–Kier alpha value is -1.58. The Labute approximate surface area is 82.4 Å². The van der Waals surface area contributed by atoms with E-state index in [-0.39, 0.29) is 11.9 Å². The first-order valence-electron chi connectivity index (χ1n) is 4.73. The lowest BCUT2D eigenvalue weighted by Crippen LogP contribution is -2.37. The summed E-state index contributed by atoms with van der Waals surface area (Å²) >= 11 is 0. The van der Waals surface area contributed by atoms with Crippen LogP contribution < -0.4 is 5.32 Å². The quantitative estimate of drug-likeness (QED) is 0.671. The molecule has 0 saturated carbocycles. The molecule has 1 aliphatic carbocycles. The molecule has 14 heavy (non-hydrogen) atoms. The van der Waals surface area contributed by atoms with Gasteiger partial charge in [0.05, 0.1) is 6.20 Å². The molecule has 1 aromatic rings. The molecule has 4 nitrogen and oxygen atoms in total. The van der Waals surface area contributed by atoms with Gasteiger partial charge in [-0.1, -0.05) is 6.58 Å². The van der Waals surface area contributed by atoms with E-state index in [9.17, 15) is 4.79 Å². The van der Waals surface area contributed by atoms with Crippen LogP contribution in [-0.2, 0) is 17.6 Å². The van der Waals surface area contributed by atoms with E-state index >= 15 is 0 Å². The predicted molar refractivity (Wildman–Crippen MR) is 52.7 cm³/mol. The maximum absolute atomic E-state index is 11.1. The molecule has 0 fully saturated rings. The highest BCUT2D eigenvalue weighted by molar-refractivity contribution is 5.87. The third-order valence-electron chi connectivity index (χ3n) is 2.55. The number of nitrogens with one attached hydrogen (secondary N) is 2. The van der Waals surface area contributed by atoms with Crippen molar-refractivity contribution in [1.82, 2.24) is 15.5 Å². The van der Waals surface area contributed by atoms with Gasteiger partial charge in [0.2, 0.25) is 5.91 Å². The summed E-state index contributed by atoms with van der Waals surface area (Å²) in [4.78, 5) is 11.1. The molecule has 2 rings (SSSR count). The number of aryl methyl sites for hydroxylation is 1. The van der Waals surface area contributed by atoms with Gasteiger partial charge in [0.25, 0.3) is 0 Å². The lowest BCUT2D eigenvalue weighted by atomic mass is 9.94. The van der Waals surface area contributed by atoms with Crippen molar-refractivity contribution in [3.05, 3.63) is 30.1 Å². The van der Waals surface area contributed by atoms with Crippen molar-refractivity contribution in [2.45, 2.75) is 25.3 Å². The molecule has 1 unspecified atom stereocenters. The highest BCUT2D eigenvalue weighted by atomic mass is 16.1. The fraction of sp³-hybridized carbons (Fsp3) is 0.400. The minimum Gasteiger partial charge on any atom is -0.349 e. The Morgan fingerprint density at radius 2 is 2.64 bits per heavy atom. The molecule has 0 radical (unpaired) electrons. The largest absolute Gasteiger partial charge is 0.349 e. The van der Waals surface area contributed by atoms with Crippen molar-refractivity contribution in [3.8, 4) is 0 Å². The molecular weight excluding hydrogens is 178 g/mol. The number of nitrogens with zero attached hydrogens (tertiary/aromatic N) is 1. The first-order chi connectivity index (χ1) is 6.79. The summed E-state index contributed by atoms with van der Waals surface area (Å²) in [6.07, 6.45) is 5.97. The second-order valence-corrected chi connectivity index (χ2v) is 3.53. The van der Waals surface area contributed by atoms with Gasteiger partial charge >= 0.3 is 0 Å². The molecule has 1 aliphatic rings. The summed E-state index contributed by atoms with van der Waals surface area (Å²) in [5.41, 5.74) is 2.42. The van der Waals surface area contributed by atoms with Gasteiger partial charge in [-0.3, -0.25) is 9.89 Å². The number of H-pyrrole nitrogens is 1. The minimum atomic E-state index is -0.0991. The molecule has 0 spiro atoms. The number of rotatable bonds is 2. The molecule has 1 amide bonds. The van der Waals surface area contributed by atoms with Crippen LogP contribution >= 0.6 is 0 Å². The zero-order valence-electron chi connectivity index (χ0n) is 7.92. The van der Waals surface area contributed by atoms with Gasteiger partial charge in [0, 0.05) is 18.2 Å². The summed E-state index contributed by atoms with van der Waals surface area (Å²) in [5, 5.41) is 9.83. The molecule has 1 aromatic heterocycles. The average molecular weight is 191 g/mol. The number of carbonyl (C=O) groups is 1. The molecule has 0 bridgehead atoms. The van der Waals surface area contributed by atoms with Crippen molar-refractivity contribution >= 4 is 5.91 Å². The number of aromatic nitrogens is 2. The van der Waals surface area contributed by atoms with Crippen LogP contribution in [-0.4, -0.2) is 22.1 Å². The minimum absolute atomic E-state index is 0.0991. The normalized spacial score (nSPS) is 19.9. The van der Waals surface area contributed by atoms with Gasteiger partial charge in [-0.15, -0.1) is 0 Å². The molecular formula is C10H13N3O. The van der Waals surface area contributed by atoms with Gasteiger partial charge in [-0.05, 0) is 24.5 Å². The average Bonchev–Trinajstić information content (AvgIpc) is 2.64. The molecule has 2 N–H and O–H groups in total. The van der Waals surface area contributed by atoms with E-state index < -0.39 is 0 Å². The lowest BCUT2D eigenvalue weighted by molar-refractivity contribution is -0.117. The van der Waals surface area contributed by atoms with Gasteiger partial charge < -0.3 is 5.32 Å². The van der Waals surface area contributed by atoms with Gasteiger partial charge in [0.1, 0.15) is 0 Å². The Bertz CT molecular complexity index is 356. The van der Waals surface area contributed by atoms with Crippen LogP contribution in [0.5, 0.6) is 0 Å². The molecule has 0 aliphatic heterocycles. The fourth-order valence-corrected chi connectivity index (χ4v) is 1.79. The summed E-state index contributed by atoms with van der Waals surface area (Å²) in [5.74, 6) is -0.0991. The van der Waals surface area contributed by atoms with Crippen LogP contribution in [0.15, 0.2) is 18.9 Å². The maximum Gasteiger partial charge on any atom is 0.243 e. The second-order valence-electron chi connectivity index (χ2n) is 3.53. The third-order valence-corrected chi connectivity index (χ3v) is 2.55. The monoisotopic (exact) mass is 191 g/mol. The van der Waals surface area contributed by atoms with Crippen LogP contribution in [0.2, 0.25) is 0 Å². The second kappa shape index (κ2) is 3.65. The first-order valence-corrected chi connectivity index (χ1v) is 4.73. The van der Waals surface area contributed by atoms with E-state index in [1.807, 2.05) is 6.20 Å². The third kappa shape index (κ3) is 1.69. The zero-order valence-corrected chi connectivity index (χ0v) is 7.92. The number of aromatic amines is 1. The van der Waals surface area contributed by atoms with Crippen molar-refractivity contribution in [1.29, 1.82) is 0 Å². The molecule has 0 aromatic carbocycles. The van der Waals surface area contributed by atoms with Crippen LogP contribution in [0.4, 0.5) is 0 Å². The molecule has 74 valence electrons. The van der Waals surface area contributed by atoms with Crippen molar-refractivity contribution in [3.63, 3.8) is 0 Å². The number of fused-ring (bicyclic) bond motifs is 1. The molecule has 1 atom stereocenters. The lowest BCUT2D eigenvalue weighted by Gasteiger charge is -2.21. The van der Waals surface area contributed by atoms with Crippen LogP contribution in [0.25, 0.3) is 0 Å². The van der Waals surface area contributed by atoms with E-state index in [0.717, 1.165) is 25.0 Å². The summed E-state index contributed by atoms with van der Waals surface area (Å²) in [6.45, 7) is 3.43. The van der Waals surface area contributed by atoms with E-state index in [2.05, 4.69) is 22.1 Å². The van der Waals surface area contributed by atoms with E-state index in [1.54, 1.807) is 0 Å². The van der Waals surface area contributed by atoms with Gasteiger partial charge in [-0.25, -0.2) is 0 Å². The molecule has 4 heteroatoms. The standard InChI is InChI=1S/C10H13N3O/c1-2-10(14)12-8-4-3-7-6-11-13-9(7)5-8/h2,6,8H,1,3-5H2,(H,11,13)(H,12,14). The number of amides is 1. The predicted octanol–water partition coefficient (Wildman–Crippen LogP) is 0.569. The van der Waals surface area contributed by atoms with E-state index in [4.69, 9.17) is 0 Å². The van der Waals surface area contributed by atoms with Crippen LogP contribution in [0, 0.1) is 0 Å². The Morgan fingerprint density at radius 3 is 3.43 bits per heavy atom. The Balaban J connectivity index is 2.00. The highest BCUT2D eigenvalue weighted by Crippen LogP contribution is 2.18. The fourth-order valence-electron chi connectivity index (χ4n) is 1.79. The highest BCUT2D eigenvalue weighted by Gasteiger charge is 2.20. The molecule has 0 saturated heterocycles. The summed E-state index contributed by atoms with van der Waals surface area (Å²) in [6, 6.07) is 0.216. The number of hydrogen-bond donors (Lipinski definition) is 2. The summed E-state index contributed by atoms with van der Waals surface area (Å²) in [7, 11) is 0. The Morgan fingerprint density at radius 1 is 1.79 bits per heavy atom. The SMILES string of the molecule is C=CC(=O)NC1CCc2cn[nH]c2C1. The number of hydrogen-bond acceptors (Lipinski definition) is 2. The number of carbonyl (C=O) groups excluding carboxylic acids is 1. The van der Waals surface area contributed by atoms with E-state index in [0.29, 0.717) is 0 Å². The van der Waals surface area contributed by atoms with Gasteiger partial charge in [0.15, 0.2) is 0 Å². The summed E-state index contributed by atoms with van der Waals surface area (Å²) < 4.78 is 0.